The molecule has 78 valence electrons. The number of furan rings is 1. The van der Waals surface area contributed by atoms with Crippen LogP contribution in [0.5, 0.6) is 0 Å². The number of thioether (sulfide) groups is 1. The molecule has 2 nitrogen and oxygen atoms in total. The second-order valence-electron chi connectivity index (χ2n) is 3.39. The summed E-state index contributed by atoms with van der Waals surface area (Å²) < 4.78 is 5.29. The van der Waals surface area contributed by atoms with E-state index in [0.29, 0.717) is 0 Å². The molecule has 0 saturated carbocycles. The van der Waals surface area contributed by atoms with E-state index in [0.717, 1.165) is 17.2 Å². The van der Waals surface area contributed by atoms with Gasteiger partial charge in [0, 0.05) is 16.8 Å². The Bertz CT molecular complexity index is 437. The number of rotatable bonds is 3. The fourth-order valence-corrected chi connectivity index (χ4v) is 2.30. The summed E-state index contributed by atoms with van der Waals surface area (Å²) in [5.74, 6) is 1.88. The van der Waals surface area contributed by atoms with Gasteiger partial charge in [-0.25, -0.2) is 0 Å². The van der Waals surface area contributed by atoms with Crippen LogP contribution in [0.25, 0.3) is 0 Å². The van der Waals surface area contributed by atoms with Crippen LogP contribution in [-0.4, -0.2) is 4.98 Å². The molecule has 0 saturated heterocycles. The molecule has 0 radical (unpaired) electrons. The Kier molecular flexibility index (Phi) is 3.11. The van der Waals surface area contributed by atoms with E-state index in [2.05, 4.69) is 18.0 Å². The van der Waals surface area contributed by atoms with Crippen LogP contribution in [0.4, 0.5) is 0 Å². The van der Waals surface area contributed by atoms with Gasteiger partial charge in [0.2, 0.25) is 0 Å². The van der Waals surface area contributed by atoms with Crippen molar-refractivity contribution < 1.29 is 4.42 Å². The zero-order valence-electron chi connectivity index (χ0n) is 8.86. The second-order valence-corrected chi connectivity index (χ2v) is 4.40. The van der Waals surface area contributed by atoms with Crippen molar-refractivity contribution in [2.75, 3.05) is 0 Å². The Morgan fingerprint density at radius 3 is 2.93 bits per heavy atom. The van der Waals surface area contributed by atoms with Crippen LogP contribution in [0, 0.1) is 13.8 Å². The zero-order valence-corrected chi connectivity index (χ0v) is 9.67. The van der Waals surface area contributed by atoms with E-state index in [4.69, 9.17) is 4.42 Å². The Morgan fingerprint density at radius 2 is 2.20 bits per heavy atom. The van der Waals surface area contributed by atoms with Gasteiger partial charge >= 0.3 is 0 Å². The number of aromatic nitrogens is 1. The maximum absolute atomic E-state index is 5.29. The highest BCUT2D eigenvalue weighted by atomic mass is 32.2. The fraction of sp³-hybridized carbons (Fsp3) is 0.250. The van der Waals surface area contributed by atoms with Crippen LogP contribution in [-0.2, 0) is 5.75 Å². The van der Waals surface area contributed by atoms with E-state index < -0.39 is 0 Å². The molecule has 0 unspecified atom stereocenters. The number of hydrogen-bond acceptors (Lipinski definition) is 3. The van der Waals surface area contributed by atoms with Crippen molar-refractivity contribution in [3.63, 3.8) is 0 Å². The molecule has 0 atom stereocenters. The van der Waals surface area contributed by atoms with Gasteiger partial charge in [0.25, 0.3) is 0 Å². The largest absolute Gasteiger partial charge is 0.468 e. The molecule has 0 aliphatic rings. The number of pyridine rings is 1. The van der Waals surface area contributed by atoms with Crippen molar-refractivity contribution >= 4 is 11.8 Å². The average Bonchev–Trinajstić information content (AvgIpc) is 2.73. The highest BCUT2D eigenvalue weighted by Crippen LogP contribution is 2.26. The maximum atomic E-state index is 5.29. The monoisotopic (exact) mass is 219 g/mol. The van der Waals surface area contributed by atoms with Gasteiger partial charge < -0.3 is 4.42 Å². The molecule has 2 heterocycles. The van der Waals surface area contributed by atoms with E-state index >= 15 is 0 Å². The van der Waals surface area contributed by atoms with Crippen LogP contribution in [0.3, 0.4) is 0 Å². The first kappa shape index (κ1) is 10.3. The number of hydrogen-bond donors (Lipinski definition) is 0. The normalized spacial score (nSPS) is 10.5. The zero-order chi connectivity index (χ0) is 10.7. The summed E-state index contributed by atoms with van der Waals surface area (Å²) >= 11 is 1.79. The summed E-state index contributed by atoms with van der Waals surface area (Å²) in [6.45, 7) is 4.14. The summed E-state index contributed by atoms with van der Waals surface area (Å²) in [4.78, 5) is 5.52. The molecule has 0 amide bonds. The number of nitrogens with zero attached hydrogens (tertiary/aromatic N) is 1. The first-order valence-electron chi connectivity index (χ1n) is 4.85. The molecule has 0 bridgehead atoms. The van der Waals surface area contributed by atoms with Gasteiger partial charge in [-0.1, -0.05) is 0 Å². The van der Waals surface area contributed by atoms with E-state index in [1.54, 1.807) is 18.0 Å². The van der Waals surface area contributed by atoms with Crippen molar-refractivity contribution in [3.8, 4) is 0 Å². The molecular formula is C12H13NOS. The molecule has 0 aliphatic carbocycles. The molecular weight excluding hydrogens is 206 g/mol. The standard InChI is InChI=1S/C12H13NOS/c1-9-10(2)13-6-5-12(9)15-8-11-4-3-7-14-11/h3-7H,8H2,1-2H3. The highest BCUT2D eigenvalue weighted by Gasteiger charge is 2.03. The molecule has 0 aliphatic heterocycles. The van der Waals surface area contributed by atoms with Gasteiger partial charge in [-0.15, -0.1) is 11.8 Å². The quantitative estimate of drug-likeness (QED) is 0.738. The highest BCUT2D eigenvalue weighted by molar-refractivity contribution is 7.98. The molecule has 0 N–H and O–H groups in total. The molecule has 2 aromatic heterocycles. The first-order chi connectivity index (χ1) is 7.27. The van der Waals surface area contributed by atoms with Crippen molar-refractivity contribution in [1.82, 2.24) is 4.98 Å². The SMILES string of the molecule is Cc1nccc(SCc2ccco2)c1C. The van der Waals surface area contributed by atoms with Crippen molar-refractivity contribution in [2.45, 2.75) is 24.5 Å². The Labute approximate surface area is 93.7 Å². The van der Waals surface area contributed by atoms with E-state index in [9.17, 15) is 0 Å². The minimum Gasteiger partial charge on any atom is -0.468 e. The lowest BCUT2D eigenvalue weighted by molar-refractivity contribution is 0.530. The van der Waals surface area contributed by atoms with Gasteiger partial charge in [0.05, 0.1) is 12.0 Å². The molecule has 2 aromatic rings. The van der Waals surface area contributed by atoms with Crippen LogP contribution < -0.4 is 0 Å². The Hall–Kier alpha value is -1.22. The van der Waals surface area contributed by atoms with Crippen LogP contribution in [0.15, 0.2) is 40.0 Å². The van der Waals surface area contributed by atoms with Crippen LogP contribution >= 0.6 is 11.8 Å². The number of aryl methyl sites for hydroxylation is 1. The minimum absolute atomic E-state index is 0.872. The smallest absolute Gasteiger partial charge is 0.113 e. The molecule has 0 fully saturated rings. The fourth-order valence-electron chi connectivity index (χ4n) is 1.32. The molecule has 0 spiro atoms. The van der Waals surface area contributed by atoms with Crippen molar-refractivity contribution in [3.05, 3.63) is 47.7 Å². The molecule has 3 heteroatoms. The summed E-state index contributed by atoms with van der Waals surface area (Å²) in [6, 6.07) is 5.97. The van der Waals surface area contributed by atoms with Crippen LogP contribution in [0.2, 0.25) is 0 Å². The van der Waals surface area contributed by atoms with Gasteiger partial charge in [-0.3, -0.25) is 4.98 Å². The first-order valence-corrected chi connectivity index (χ1v) is 5.83. The van der Waals surface area contributed by atoms with Crippen molar-refractivity contribution in [1.29, 1.82) is 0 Å². The second kappa shape index (κ2) is 4.53. The van der Waals surface area contributed by atoms with Crippen LogP contribution in [0.1, 0.15) is 17.0 Å². The van der Waals surface area contributed by atoms with Crippen molar-refractivity contribution in [2.24, 2.45) is 0 Å². The van der Waals surface area contributed by atoms with E-state index in [1.165, 1.54) is 10.5 Å². The lowest BCUT2D eigenvalue weighted by Crippen LogP contribution is -1.88. The molecule has 2 rings (SSSR count). The maximum Gasteiger partial charge on any atom is 0.113 e. The predicted molar refractivity (Wildman–Crippen MR) is 62.0 cm³/mol. The predicted octanol–water partition coefficient (Wildman–Crippen LogP) is 3.58. The van der Waals surface area contributed by atoms with Gasteiger partial charge in [0.1, 0.15) is 5.76 Å². The Morgan fingerprint density at radius 1 is 1.33 bits per heavy atom. The Balaban J connectivity index is 2.08. The van der Waals surface area contributed by atoms with Gasteiger partial charge in [-0.05, 0) is 37.6 Å². The molecule has 15 heavy (non-hydrogen) atoms. The third-order valence-corrected chi connectivity index (χ3v) is 3.54. The summed E-state index contributed by atoms with van der Waals surface area (Å²) in [5, 5.41) is 0. The molecule has 0 aromatic carbocycles. The van der Waals surface area contributed by atoms with E-state index in [-0.39, 0.29) is 0 Å². The summed E-state index contributed by atoms with van der Waals surface area (Å²) in [7, 11) is 0. The van der Waals surface area contributed by atoms with Gasteiger partial charge in [0.15, 0.2) is 0 Å². The summed E-state index contributed by atoms with van der Waals surface area (Å²) in [6.07, 6.45) is 3.56. The lowest BCUT2D eigenvalue weighted by atomic mass is 10.2. The third-order valence-electron chi connectivity index (χ3n) is 2.36. The minimum atomic E-state index is 0.872. The van der Waals surface area contributed by atoms with Gasteiger partial charge in [-0.2, -0.15) is 0 Å². The topological polar surface area (TPSA) is 26.0 Å². The third kappa shape index (κ3) is 2.42. The summed E-state index contributed by atoms with van der Waals surface area (Å²) in [5.41, 5.74) is 2.36. The average molecular weight is 219 g/mol. The lowest BCUT2D eigenvalue weighted by Gasteiger charge is -2.05. The van der Waals surface area contributed by atoms with E-state index in [1.807, 2.05) is 25.3 Å².